The Morgan fingerprint density at radius 2 is 0.429 bits per heavy atom. The number of fused-ring (bicyclic) bond motifs is 2. The molecule has 0 aromatic heterocycles. The molecule has 7 aromatic carbocycles. The molecule has 0 amide bonds. The molecule has 286 valence electrons. The molecule has 0 saturated heterocycles. The monoisotopic (exact) mass is 984 g/mol. The van der Waals surface area contributed by atoms with Crippen LogP contribution in [0.1, 0.15) is 0 Å². The van der Waals surface area contributed by atoms with Gasteiger partial charge in [-0.15, -0.1) is 0 Å². The van der Waals surface area contributed by atoms with Crippen molar-refractivity contribution in [1.82, 2.24) is 0 Å². The molecule has 0 aliphatic carbocycles. The summed E-state index contributed by atoms with van der Waals surface area (Å²) >= 11 is -8.14. The molecular weight excluding hydrogens is 919 g/mol. The van der Waals surface area contributed by atoms with Gasteiger partial charge in [-0.1, -0.05) is 0 Å². The summed E-state index contributed by atoms with van der Waals surface area (Å²) in [7, 11) is 0. The van der Waals surface area contributed by atoms with Crippen molar-refractivity contribution in [2.75, 3.05) is 9.80 Å². The molecule has 0 saturated carbocycles. The molecule has 7 rings (SSSR count). The summed E-state index contributed by atoms with van der Waals surface area (Å²) in [5, 5.41) is 4.96. The topological polar surface area (TPSA) is 6.48 Å². The van der Waals surface area contributed by atoms with Crippen LogP contribution in [0.25, 0.3) is 21.5 Å². The quantitative estimate of drug-likeness (QED) is 0.0765. The molecule has 0 heterocycles. The van der Waals surface area contributed by atoms with Crippen LogP contribution in [-0.4, -0.2) is 53.1 Å². The third kappa shape index (κ3) is 8.37. The van der Waals surface area contributed by atoms with Gasteiger partial charge in [-0.25, -0.2) is 0 Å². The van der Waals surface area contributed by atoms with Crippen LogP contribution >= 0.6 is 0 Å². The Morgan fingerprint density at radius 3 is 0.589 bits per heavy atom. The van der Waals surface area contributed by atoms with E-state index < -0.39 is 53.1 Å². The van der Waals surface area contributed by atoms with E-state index in [-0.39, 0.29) is 0 Å². The molecule has 0 radical (unpaired) electrons. The molecule has 0 bridgehead atoms. The second-order valence-corrected chi connectivity index (χ2v) is 62.3. The Bertz CT molecular complexity index is 2130. The third-order valence-corrected chi connectivity index (χ3v) is 28.6. The van der Waals surface area contributed by atoms with E-state index in [1.54, 1.807) is 0 Å². The Hall–Kier alpha value is -3.17. The molecule has 0 N–H and O–H groups in total. The average Bonchev–Trinajstić information content (AvgIpc) is 3.15. The van der Waals surface area contributed by atoms with Gasteiger partial charge < -0.3 is 0 Å². The minimum absolute atomic E-state index is 1.19. The van der Waals surface area contributed by atoms with Crippen molar-refractivity contribution in [3.05, 3.63) is 146 Å². The molecule has 6 heteroatoms. The van der Waals surface area contributed by atoms with Gasteiger partial charge in [0.05, 0.1) is 0 Å². The van der Waals surface area contributed by atoms with Crippen molar-refractivity contribution < 1.29 is 0 Å². The van der Waals surface area contributed by atoms with Crippen LogP contribution in [0.3, 0.4) is 0 Å². The van der Waals surface area contributed by atoms with Gasteiger partial charge in [-0.3, -0.25) is 0 Å². The van der Waals surface area contributed by atoms with Crippen molar-refractivity contribution in [3.63, 3.8) is 0 Å². The summed E-state index contributed by atoms with van der Waals surface area (Å²) in [5.74, 6) is 29.8. The predicted octanol–water partition coefficient (Wildman–Crippen LogP) is 13.1. The van der Waals surface area contributed by atoms with Crippen LogP contribution in [0, 0.1) is 0 Å². The molecule has 0 spiro atoms. The first-order valence-corrected chi connectivity index (χ1v) is 49.7. The van der Waals surface area contributed by atoms with Gasteiger partial charge in [0.15, 0.2) is 0 Å². The number of anilines is 6. The van der Waals surface area contributed by atoms with Crippen molar-refractivity contribution in [2.45, 2.75) is 69.1 Å². The van der Waals surface area contributed by atoms with E-state index in [1.165, 1.54) is 73.3 Å². The molecular formula is C50H60Ge4N2. The zero-order valence-electron chi connectivity index (χ0n) is 35.8. The Kier molecular flexibility index (Phi) is 11.4. The molecule has 0 aliphatic rings. The van der Waals surface area contributed by atoms with Gasteiger partial charge in [0, 0.05) is 0 Å². The first-order chi connectivity index (χ1) is 26.3. The van der Waals surface area contributed by atoms with E-state index >= 15 is 0 Å². The summed E-state index contributed by atoms with van der Waals surface area (Å²) in [6, 6.07) is 56.4. The molecule has 0 atom stereocenters. The van der Waals surface area contributed by atoms with E-state index in [1.807, 2.05) is 0 Å². The van der Waals surface area contributed by atoms with E-state index in [0.717, 1.165) is 0 Å². The number of hydrogen-bond acceptors (Lipinski definition) is 2. The van der Waals surface area contributed by atoms with Gasteiger partial charge in [-0.05, 0) is 0 Å². The Labute approximate surface area is 347 Å². The number of benzene rings is 7. The van der Waals surface area contributed by atoms with Gasteiger partial charge in [0.1, 0.15) is 0 Å². The number of rotatable bonds is 10. The predicted molar refractivity (Wildman–Crippen MR) is 263 cm³/mol. The first-order valence-electron chi connectivity index (χ1n) is 20.3. The Balaban J connectivity index is 1.55. The maximum atomic E-state index is 2.53. The number of hydrogen-bond donors (Lipinski definition) is 0. The van der Waals surface area contributed by atoms with Gasteiger partial charge in [-0.2, -0.15) is 0 Å². The van der Waals surface area contributed by atoms with E-state index in [2.05, 4.69) is 224 Å². The molecule has 2 nitrogen and oxygen atoms in total. The zero-order chi connectivity index (χ0) is 40.2. The minimum atomic E-state index is -2.04. The standard InChI is InChI=1S/C50H60Ge4N2/c1-51(2,3)37-21-29-41(30-22-37)55(42-31-23-38(24-32-42)52(4,5)6)49-45-17-13-15-19-47(45)50(48-20-16-14-18-46(48)49)56(43-33-25-39(26-34-43)53(7,8)9)44-35-27-40(28-36-44)54(10,11)12/h13-36H,1-12H3. The SMILES string of the molecule is [CH3][Ge]([CH3])([CH3])[c]1ccc(N(c2cc[c]([Ge]([CH3])([CH3])[CH3])cc2)c2c3ccccc3c(N(c3cc[c]([Ge]([CH3])([CH3])[CH3])cc3)c3cc[c]([Ge]([CH3])([CH3])[CH3])cc3)c3ccccc23)cc1. The summed E-state index contributed by atoms with van der Waals surface area (Å²) in [4.78, 5) is 5.07. The summed E-state index contributed by atoms with van der Waals surface area (Å²) in [6.07, 6.45) is 0. The fraction of sp³-hybridized carbons (Fsp3) is 0.240. The number of nitrogens with zero attached hydrogens (tertiary/aromatic N) is 2. The molecule has 7 aromatic rings. The van der Waals surface area contributed by atoms with E-state index in [0.29, 0.717) is 0 Å². The summed E-state index contributed by atoms with van der Waals surface area (Å²) in [5.41, 5.74) is 7.22. The van der Waals surface area contributed by atoms with Crippen molar-refractivity contribution in [3.8, 4) is 0 Å². The van der Waals surface area contributed by atoms with Gasteiger partial charge in [0.2, 0.25) is 0 Å². The van der Waals surface area contributed by atoms with E-state index in [9.17, 15) is 0 Å². The van der Waals surface area contributed by atoms with Crippen molar-refractivity contribution in [1.29, 1.82) is 0 Å². The Morgan fingerprint density at radius 1 is 0.250 bits per heavy atom. The molecule has 0 fully saturated rings. The van der Waals surface area contributed by atoms with E-state index in [4.69, 9.17) is 0 Å². The molecule has 0 unspecified atom stereocenters. The normalized spacial score (nSPS) is 12.6. The second kappa shape index (κ2) is 15.5. The summed E-state index contributed by atoms with van der Waals surface area (Å²) in [6.45, 7) is 0. The second-order valence-electron chi connectivity index (χ2n) is 19.6. The van der Waals surface area contributed by atoms with Crippen LogP contribution in [-0.2, 0) is 0 Å². The van der Waals surface area contributed by atoms with Crippen LogP contribution in [0.2, 0.25) is 69.1 Å². The van der Waals surface area contributed by atoms with Gasteiger partial charge >= 0.3 is 351 Å². The average molecular weight is 979 g/mol. The van der Waals surface area contributed by atoms with Crippen LogP contribution in [0.4, 0.5) is 34.1 Å². The van der Waals surface area contributed by atoms with Crippen molar-refractivity contribution >= 4 is 126 Å². The fourth-order valence-corrected chi connectivity index (χ4v) is 17.6. The van der Waals surface area contributed by atoms with Gasteiger partial charge in [0.25, 0.3) is 0 Å². The van der Waals surface area contributed by atoms with Crippen LogP contribution in [0.15, 0.2) is 146 Å². The van der Waals surface area contributed by atoms with Crippen LogP contribution < -0.4 is 27.4 Å². The third-order valence-electron chi connectivity index (χ3n) is 11.3. The first kappa shape index (κ1) is 41.0. The van der Waals surface area contributed by atoms with Crippen LogP contribution in [0.5, 0.6) is 0 Å². The summed E-state index contributed by atoms with van der Waals surface area (Å²) < 4.78 is 6.08. The fourth-order valence-electron chi connectivity index (χ4n) is 7.82. The maximum absolute atomic E-state index is 2.53. The zero-order valence-corrected chi connectivity index (χ0v) is 44.1. The van der Waals surface area contributed by atoms with Crippen molar-refractivity contribution in [2.24, 2.45) is 0 Å². The molecule has 0 aliphatic heterocycles. The molecule has 56 heavy (non-hydrogen) atoms.